The second-order valence-electron chi connectivity index (χ2n) is 9.27. The smallest absolute Gasteiger partial charge is 0.323 e. The number of thioether (sulfide) groups is 1. The summed E-state index contributed by atoms with van der Waals surface area (Å²) >= 11 is 1.93. The van der Waals surface area contributed by atoms with Gasteiger partial charge in [-0.25, -0.2) is 0 Å². The summed E-state index contributed by atoms with van der Waals surface area (Å²) in [6, 6.07) is 32.0. The van der Waals surface area contributed by atoms with E-state index in [9.17, 15) is 9.59 Å². The van der Waals surface area contributed by atoms with Crippen LogP contribution in [-0.2, 0) is 23.8 Å². The molecule has 5 heteroatoms. The van der Waals surface area contributed by atoms with Crippen LogP contribution in [0.4, 0.5) is 0 Å². The van der Waals surface area contributed by atoms with Gasteiger partial charge in [0.2, 0.25) is 0 Å². The second kappa shape index (κ2) is 11.1. The normalized spacial score (nSPS) is 15.9. The fourth-order valence-corrected chi connectivity index (χ4v) is 6.16. The average Bonchev–Trinajstić information content (AvgIpc) is 2.86. The van der Waals surface area contributed by atoms with Crippen LogP contribution in [0.25, 0.3) is 0 Å². The molecule has 1 aliphatic rings. The lowest BCUT2D eigenvalue weighted by Crippen LogP contribution is -2.46. The Hall–Kier alpha value is -3.05. The van der Waals surface area contributed by atoms with E-state index >= 15 is 0 Å². The molecule has 1 saturated heterocycles. The van der Waals surface area contributed by atoms with E-state index in [-0.39, 0.29) is 4.75 Å². The fraction of sp³-hybridized carbons (Fsp3) is 0.333. The molecule has 35 heavy (non-hydrogen) atoms. The number of carbonyl (C=O) groups is 2. The van der Waals surface area contributed by atoms with E-state index in [0.29, 0.717) is 6.42 Å². The molecule has 1 aliphatic heterocycles. The maximum absolute atomic E-state index is 12.2. The van der Waals surface area contributed by atoms with Crippen molar-refractivity contribution >= 4 is 23.7 Å². The molecule has 0 N–H and O–H groups in total. The highest BCUT2D eigenvalue weighted by atomic mass is 32.2. The topological polar surface area (TPSA) is 52.6 Å². The summed E-state index contributed by atoms with van der Waals surface area (Å²) in [6.07, 6.45) is 3.12. The molecule has 4 nitrogen and oxygen atoms in total. The van der Waals surface area contributed by atoms with E-state index in [1.807, 2.05) is 11.8 Å². The Bertz CT molecular complexity index is 996. The van der Waals surface area contributed by atoms with Crippen LogP contribution in [0.1, 0.15) is 56.2 Å². The van der Waals surface area contributed by atoms with Gasteiger partial charge in [0.05, 0.1) is 4.75 Å². The summed E-state index contributed by atoms with van der Waals surface area (Å²) in [5, 5.41) is 0. The van der Waals surface area contributed by atoms with Crippen molar-refractivity contribution in [2.45, 2.75) is 50.1 Å². The molecule has 0 atom stereocenters. The Kier molecular flexibility index (Phi) is 7.97. The number of esters is 2. The molecule has 1 fully saturated rings. The van der Waals surface area contributed by atoms with E-state index in [1.165, 1.54) is 16.7 Å². The lowest BCUT2D eigenvalue weighted by Gasteiger charge is -2.35. The van der Waals surface area contributed by atoms with Gasteiger partial charge in [0.25, 0.3) is 5.79 Å². The number of carbonyl (C=O) groups excluding carboxylic acids is 2. The van der Waals surface area contributed by atoms with Gasteiger partial charge in [0, 0.05) is 13.8 Å². The van der Waals surface area contributed by atoms with Crippen LogP contribution in [0.3, 0.4) is 0 Å². The molecule has 0 bridgehead atoms. The standard InChI is InChI=1S/C30H32O4S/c1-29(2)33-27(31)26(28(32)34-29)21-13-6-14-22-35-30(23-15-7-3-8-16-23,24-17-9-4-10-18-24)25-19-11-5-12-20-25/h3-5,7-12,15-20,26H,6,13-14,21-22H2,1-2H3. The van der Waals surface area contributed by atoms with Crippen molar-refractivity contribution in [2.75, 3.05) is 5.75 Å². The van der Waals surface area contributed by atoms with Gasteiger partial charge in [-0.3, -0.25) is 9.59 Å². The molecule has 0 radical (unpaired) electrons. The van der Waals surface area contributed by atoms with Gasteiger partial charge < -0.3 is 9.47 Å². The van der Waals surface area contributed by atoms with Gasteiger partial charge >= 0.3 is 11.9 Å². The highest BCUT2D eigenvalue weighted by molar-refractivity contribution is 8.00. The van der Waals surface area contributed by atoms with E-state index in [4.69, 9.17) is 9.47 Å². The van der Waals surface area contributed by atoms with Crippen LogP contribution >= 0.6 is 11.8 Å². The van der Waals surface area contributed by atoms with Gasteiger partial charge in [-0.05, 0) is 35.3 Å². The highest BCUT2D eigenvalue weighted by Crippen LogP contribution is 2.48. The van der Waals surface area contributed by atoms with E-state index in [1.54, 1.807) is 13.8 Å². The first kappa shape index (κ1) is 25.1. The highest BCUT2D eigenvalue weighted by Gasteiger charge is 2.42. The number of ether oxygens (including phenoxy) is 2. The maximum atomic E-state index is 12.2. The van der Waals surface area contributed by atoms with Crippen molar-refractivity contribution in [1.82, 2.24) is 0 Å². The first-order chi connectivity index (χ1) is 16.9. The molecule has 4 rings (SSSR count). The summed E-state index contributed by atoms with van der Waals surface area (Å²) < 4.78 is 10.2. The van der Waals surface area contributed by atoms with Crippen molar-refractivity contribution in [1.29, 1.82) is 0 Å². The molecule has 0 amide bonds. The van der Waals surface area contributed by atoms with Crippen LogP contribution in [0.2, 0.25) is 0 Å². The Morgan fingerprint density at radius 1 is 0.686 bits per heavy atom. The molecule has 0 spiro atoms. The fourth-order valence-electron chi connectivity index (χ4n) is 4.60. The average molecular weight is 489 g/mol. The summed E-state index contributed by atoms with van der Waals surface area (Å²) in [5.74, 6) is -2.00. The summed E-state index contributed by atoms with van der Waals surface area (Å²) in [4.78, 5) is 24.4. The predicted molar refractivity (Wildman–Crippen MR) is 140 cm³/mol. The monoisotopic (exact) mass is 488 g/mol. The van der Waals surface area contributed by atoms with Crippen molar-refractivity contribution < 1.29 is 19.1 Å². The van der Waals surface area contributed by atoms with E-state index in [0.717, 1.165) is 25.0 Å². The van der Waals surface area contributed by atoms with Crippen molar-refractivity contribution in [2.24, 2.45) is 5.92 Å². The van der Waals surface area contributed by atoms with E-state index < -0.39 is 23.6 Å². The van der Waals surface area contributed by atoms with Gasteiger partial charge in [0.15, 0.2) is 5.92 Å². The number of hydrogen-bond acceptors (Lipinski definition) is 5. The lowest BCUT2D eigenvalue weighted by molar-refractivity contribution is -0.240. The number of unbranched alkanes of at least 4 members (excludes halogenated alkanes) is 2. The molecule has 0 aliphatic carbocycles. The third-order valence-corrected chi connectivity index (χ3v) is 7.89. The first-order valence-electron chi connectivity index (χ1n) is 12.2. The Morgan fingerprint density at radius 3 is 1.54 bits per heavy atom. The Morgan fingerprint density at radius 2 is 1.11 bits per heavy atom. The van der Waals surface area contributed by atoms with Crippen LogP contribution in [0.5, 0.6) is 0 Å². The summed E-state index contributed by atoms with van der Waals surface area (Å²) in [6.45, 7) is 3.16. The van der Waals surface area contributed by atoms with Gasteiger partial charge in [-0.1, -0.05) is 104 Å². The molecule has 3 aromatic rings. The molecular weight excluding hydrogens is 456 g/mol. The Labute approximate surface area is 212 Å². The minimum absolute atomic E-state index is 0.327. The number of cyclic esters (lactones) is 2. The maximum Gasteiger partial charge on any atom is 0.323 e. The zero-order valence-corrected chi connectivity index (χ0v) is 21.1. The second-order valence-corrected chi connectivity index (χ2v) is 10.6. The van der Waals surface area contributed by atoms with Crippen molar-refractivity contribution in [3.05, 3.63) is 108 Å². The third-order valence-electron chi connectivity index (χ3n) is 6.26. The Balaban J connectivity index is 1.45. The van der Waals surface area contributed by atoms with Gasteiger partial charge in [-0.15, -0.1) is 11.8 Å². The van der Waals surface area contributed by atoms with Crippen molar-refractivity contribution in [3.8, 4) is 0 Å². The summed E-state index contributed by atoms with van der Waals surface area (Å²) in [7, 11) is 0. The molecule has 3 aromatic carbocycles. The predicted octanol–water partition coefficient (Wildman–Crippen LogP) is 6.72. The van der Waals surface area contributed by atoms with Crippen LogP contribution in [0, 0.1) is 5.92 Å². The SMILES string of the molecule is CC1(C)OC(=O)C(CCCCCSC(c2ccccc2)(c2ccccc2)c2ccccc2)C(=O)O1. The largest absolute Gasteiger partial charge is 0.422 e. The molecule has 0 saturated carbocycles. The first-order valence-corrected chi connectivity index (χ1v) is 13.2. The van der Waals surface area contributed by atoms with Crippen LogP contribution in [-0.4, -0.2) is 23.5 Å². The molecule has 0 unspecified atom stereocenters. The molecule has 182 valence electrons. The van der Waals surface area contributed by atoms with Gasteiger partial charge in [0.1, 0.15) is 0 Å². The van der Waals surface area contributed by atoms with E-state index in [2.05, 4.69) is 91.0 Å². The summed E-state index contributed by atoms with van der Waals surface area (Å²) in [5.41, 5.74) is 3.74. The number of rotatable bonds is 10. The van der Waals surface area contributed by atoms with Crippen molar-refractivity contribution in [3.63, 3.8) is 0 Å². The molecular formula is C30H32O4S. The van der Waals surface area contributed by atoms with Crippen LogP contribution in [0.15, 0.2) is 91.0 Å². The molecule has 1 heterocycles. The number of hydrogen-bond donors (Lipinski definition) is 0. The zero-order chi connectivity index (χ0) is 24.7. The lowest BCUT2D eigenvalue weighted by atomic mass is 9.84. The minimum atomic E-state index is -1.17. The van der Waals surface area contributed by atoms with Gasteiger partial charge in [-0.2, -0.15) is 0 Å². The number of benzene rings is 3. The quantitative estimate of drug-likeness (QED) is 0.137. The minimum Gasteiger partial charge on any atom is -0.422 e. The molecule has 0 aromatic heterocycles. The third kappa shape index (κ3) is 5.79. The van der Waals surface area contributed by atoms with Crippen LogP contribution < -0.4 is 0 Å². The zero-order valence-electron chi connectivity index (χ0n) is 20.3.